The van der Waals surface area contributed by atoms with Crippen LogP contribution in [-0.2, 0) is 0 Å². The molecule has 4 heteroatoms. The molecule has 0 aliphatic carbocycles. The first-order chi connectivity index (χ1) is 9.65. The zero-order valence-electron chi connectivity index (χ0n) is 11.3. The van der Waals surface area contributed by atoms with E-state index in [9.17, 15) is 9.59 Å². The van der Waals surface area contributed by atoms with Gasteiger partial charge in [0, 0.05) is 20.9 Å². The van der Waals surface area contributed by atoms with Crippen LogP contribution >= 0.6 is 23.5 Å². The standard InChI is InChI=1S/C16H14O2S2/c1-19-13-7-3-11(4-8-13)15(17)16(18)12-5-9-14(20-2)10-6-12/h3-10H,1-2H3. The summed E-state index contributed by atoms with van der Waals surface area (Å²) in [5.74, 6) is -0.927. The third-order valence-corrected chi connectivity index (χ3v) is 4.40. The fourth-order valence-corrected chi connectivity index (χ4v) is 2.56. The van der Waals surface area contributed by atoms with Crippen molar-refractivity contribution in [3.05, 3.63) is 59.7 Å². The molecule has 0 radical (unpaired) electrons. The quantitative estimate of drug-likeness (QED) is 0.471. The number of ketones is 2. The number of benzene rings is 2. The minimum absolute atomic E-state index is 0.432. The molecule has 0 aromatic heterocycles. The van der Waals surface area contributed by atoms with E-state index in [4.69, 9.17) is 0 Å². The Bertz CT molecular complexity index is 558. The van der Waals surface area contributed by atoms with Gasteiger partial charge < -0.3 is 0 Å². The molecule has 0 bridgehead atoms. The van der Waals surface area contributed by atoms with Gasteiger partial charge in [-0.05, 0) is 61.0 Å². The van der Waals surface area contributed by atoms with E-state index < -0.39 is 11.6 Å². The van der Waals surface area contributed by atoms with Crippen LogP contribution in [0.4, 0.5) is 0 Å². The van der Waals surface area contributed by atoms with Crippen LogP contribution in [0.3, 0.4) is 0 Å². The molecule has 2 rings (SSSR count). The van der Waals surface area contributed by atoms with Gasteiger partial charge in [0.2, 0.25) is 11.6 Å². The summed E-state index contributed by atoms with van der Waals surface area (Å²) >= 11 is 3.20. The summed E-state index contributed by atoms with van der Waals surface area (Å²) in [6.07, 6.45) is 3.94. The van der Waals surface area contributed by atoms with Crippen molar-refractivity contribution < 1.29 is 9.59 Å². The Kier molecular flexibility index (Phi) is 5.04. The van der Waals surface area contributed by atoms with Crippen LogP contribution in [0.15, 0.2) is 58.3 Å². The van der Waals surface area contributed by atoms with Crippen LogP contribution in [0.25, 0.3) is 0 Å². The van der Waals surface area contributed by atoms with Gasteiger partial charge in [0.1, 0.15) is 0 Å². The third kappa shape index (κ3) is 3.32. The van der Waals surface area contributed by atoms with Gasteiger partial charge in [0.15, 0.2) is 0 Å². The van der Waals surface area contributed by atoms with Crippen LogP contribution in [0.1, 0.15) is 20.7 Å². The van der Waals surface area contributed by atoms with Gasteiger partial charge in [0.05, 0.1) is 0 Å². The highest BCUT2D eigenvalue weighted by Crippen LogP contribution is 2.18. The Morgan fingerprint density at radius 3 is 1.20 bits per heavy atom. The molecule has 2 aromatic carbocycles. The maximum Gasteiger partial charge on any atom is 0.233 e. The first-order valence-corrected chi connectivity index (χ1v) is 8.48. The van der Waals surface area contributed by atoms with Crippen molar-refractivity contribution >= 4 is 35.1 Å². The molecule has 2 nitrogen and oxygen atoms in total. The average molecular weight is 302 g/mol. The lowest BCUT2D eigenvalue weighted by Crippen LogP contribution is -2.14. The molecule has 0 N–H and O–H groups in total. The fourth-order valence-electron chi connectivity index (χ4n) is 1.75. The van der Waals surface area contributed by atoms with Crippen LogP contribution in [0.5, 0.6) is 0 Å². The van der Waals surface area contributed by atoms with E-state index in [2.05, 4.69) is 0 Å². The molecule has 20 heavy (non-hydrogen) atoms. The molecule has 0 unspecified atom stereocenters. The summed E-state index contributed by atoms with van der Waals surface area (Å²) < 4.78 is 0. The van der Waals surface area contributed by atoms with Crippen LogP contribution in [0.2, 0.25) is 0 Å². The second-order valence-electron chi connectivity index (χ2n) is 4.12. The number of carbonyl (C=O) groups excluding carboxylic acids is 2. The largest absolute Gasteiger partial charge is 0.285 e. The molecule has 0 amide bonds. The van der Waals surface area contributed by atoms with Crippen molar-refractivity contribution in [1.29, 1.82) is 0 Å². The number of thioether (sulfide) groups is 2. The maximum absolute atomic E-state index is 12.1. The van der Waals surface area contributed by atoms with Crippen molar-refractivity contribution in [3.8, 4) is 0 Å². The van der Waals surface area contributed by atoms with E-state index in [1.165, 1.54) is 0 Å². The lowest BCUT2D eigenvalue weighted by atomic mass is 10.0. The van der Waals surface area contributed by atoms with Crippen LogP contribution in [0, 0.1) is 0 Å². The molecule has 0 aliphatic rings. The van der Waals surface area contributed by atoms with Crippen LogP contribution < -0.4 is 0 Å². The molecular formula is C16H14O2S2. The molecule has 0 spiro atoms. The second-order valence-corrected chi connectivity index (χ2v) is 5.87. The van der Waals surface area contributed by atoms with Gasteiger partial charge >= 0.3 is 0 Å². The average Bonchev–Trinajstić information content (AvgIpc) is 2.53. The molecule has 0 aliphatic heterocycles. The molecule has 0 saturated carbocycles. The van der Waals surface area contributed by atoms with Crippen molar-refractivity contribution in [2.45, 2.75) is 9.79 Å². The molecule has 2 aromatic rings. The molecule has 102 valence electrons. The smallest absolute Gasteiger partial charge is 0.233 e. The SMILES string of the molecule is CSc1ccc(C(=O)C(=O)c2ccc(SC)cc2)cc1. The highest BCUT2D eigenvalue weighted by molar-refractivity contribution is 7.98. The summed E-state index contributed by atoms with van der Waals surface area (Å²) in [7, 11) is 0. The van der Waals surface area contributed by atoms with Crippen molar-refractivity contribution in [3.63, 3.8) is 0 Å². The third-order valence-electron chi connectivity index (χ3n) is 2.91. The van der Waals surface area contributed by atoms with Gasteiger partial charge in [-0.1, -0.05) is 0 Å². The minimum atomic E-state index is -0.463. The predicted molar refractivity (Wildman–Crippen MR) is 85.1 cm³/mol. The molecule has 0 heterocycles. The monoisotopic (exact) mass is 302 g/mol. The van der Waals surface area contributed by atoms with Gasteiger partial charge in [-0.25, -0.2) is 0 Å². The van der Waals surface area contributed by atoms with Crippen molar-refractivity contribution in [1.82, 2.24) is 0 Å². The lowest BCUT2D eigenvalue weighted by Gasteiger charge is -2.03. The van der Waals surface area contributed by atoms with E-state index in [0.717, 1.165) is 9.79 Å². The molecule has 0 atom stereocenters. The first kappa shape index (κ1) is 14.9. The van der Waals surface area contributed by atoms with Gasteiger partial charge in [-0.15, -0.1) is 23.5 Å². The minimum Gasteiger partial charge on any atom is -0.285 e. The highest BCUT2D eigenvalue weighted by atomic mass is 32.2. The van der Waals surface area contributed by atoms with E-state index >= 15 is 0 Å². The molecule has 0 saturated heterocycles. The Morgan fingerprint density at radius 2 is 0.950 bits per heavy atom. The predicted octanol–water partition coefficient (Wildman–Crippen LogP) is 4.20. The Hall–Kier alpha value is -1.52. The number of rotatable bonds is 5. The number of hydrogen-bond donors (Lipinski definition) is 0. The van der Waals surface area contributed by atoms with Gasteiger partial charge in [-0.3, -0.25) is 9.59 Å². The zero-order valence-corrected chi connectivity index (χ0v) is 12.9. The zero-order chi connectivity index (χ0) is 14.5. The summed E-state index contributed by atoms with van der Waals surface area (Å²) in [6, 6.07) is 14.2. The number of Topliss-reactive ketones (excluding diaryl/α,β-unsaturated/α-hetero) is 2. The first-order valence-electron chi connectivity index (χ1n) is 6.03. The van der Waals surface area contributed by atoms with E-state index in [1.807, 2.05) is 36.8 Å². The molecular weight excluding hydrogens is 288 g/mol. The Balaban J connectivity index is 2.20. The van der Waals surface area contributed by atoms with Crippen molar-refractivity contribution in [2.75, 3.05) is 12.5 Å². The van der Waals surface area contributed by atoms with Gasteiger partial charge in [0.25, 0.3) is 0 Å². The summed E-state index contributed by atoms with van der Waals surface area (Å²) in [4.78, 5) is 26.4. The Morgan fingerprint density at radius 1 is 0.650 bits per heavy atom. The van der Waals surface area contributed by atoms with E-state index in [-0.39, 0.29) is 0 Å². The summed E-state index contributed by atoms with van der Waals surface area (Å²) in [6.45, 7) is 0. The van der Waals surface area contributed by atoms with Crippen LogP contribution in [-0.4, -0.2) is 24.1 Å². The summed E-state index contributed by atoms with van der Waals surface area (Å²) in [5.41, 5.74) is 0.864. The van der Waals surface area contributed by atoms with Crippen molar-refractivity contribution in [2.24, 2.45) is 0 Å². The normalized spacial score (nSPS) is 10.3. The number of carbonyl (C=O) groups is 2. The number of hydrogen-bond acceptors (Lipinski definition) is 4. The lowest BCUT2D eigenvalue weighted by molar-refractivity contribution is 0.0817. The maximum atomic E-state index is 12.1. The molecule has 0 fully saturated rings. The Labute approximate surface area is 127 Å². The summed E-state index contributed by atoms with van der Waals surface area (Å²) in [5, 5.41) is 0. The van der Waals surface area contributed by atoms with E-state index in [0.29, 0.717) is 11.1 Å². The topological polar surface area (TPSA) is 34.1 Å². The second kappa shape index (κ2) is 6.77. The fraction of sp³-hybridized carbons (Fsp3) is 0.125. The highest BCUT2D eigenvalue weighted by Gasteiger charge is 2.18. The van der Waals surface area contributed by atoms with Gasteiger partial charge in [-0.2, -0.15) is 0 Å². The van der Waals surface area contributed by atoms with E-state index in [1.54, 1.807) is 47.8 Å².